The van der Waals surface area contributed by atoms with Crippen LogP contribution in [-0.4, -0.2) is 29.7 Å². The molecule has 1 aliphatic rings. The highest BCUT2D eigenvalue weighted by atomic mass is 16.5. The van der Waals surface area contributed by atoms with Crippen molar-refractivity contribution >= 4 is 10.9 Å². The number of hydrogen-bond acceptors (Lipinski definition) is 3. The Hall–Kier alpha value is -2.33. The number of pyridine rings is 1. The molecule has 0 atom stereocenters. The maximum atomic E-state index is 5.97. The van der Waals surface area contributed by atoms with E-state index in [0.29, 0.717) is 0 Å². The van der Waals surface area contributed by atoms with E-state index in [1.54, 1.807) is 6.20 Å². The van der Waals surface area contributed by atoms with Crippen LogP contribution in [-0.2, 0) is 12.8 Å². The van der Waals surface area contributed by atoms with Gasteiger partial charge in [0, 0.05) is 47.5 Å². The first-order valence-corrected chi connectivity index (χ1v) is 8.79. The first kappa shape index (κ1) is 15.2. The Labute approximate surface area is 142 Å². The molecule has 0 fully saturated rings. The zero-order chi connectivity index (χ0) is 16.4. The fourth-order valence-electron chi connectivity index (χ4n) is 3.56. The summed E-state index contributed by atoms with van der Waals surface area (Å²) in [6.45, 7) is 4.91. The first-order valence-electron chi connectivity index (χ1n) is 8.79. The van der Waals surface area contributed by atoms with Gasteiger partial charge < -0.3 is 15.0 Å². The number of nitrogens with zero attached hydrogens (tertiary/aromatic N) is 1. The third-order valence-corrected chi connectivity index (χ3v) is 4.65. The number of nitrogens with one attached hydrogen (secondary N) is 2. The zero-order valence-electron chi connectivity index (χ0n) is 14.1. The van der Waals surface area contributed by atoms with E-state index >= 15 is 0 Å². The molecular formula is C20H23N3O. The molecule has 3 aromatic rings. The lowest BCUT2D eigenvalue weighted by Gasteiger charge is -2.12. The second-order valence-corrected chi connectivity index (χ2v) is 6.28. The smallest absolute Gasteiger partial charge is 0.130 e. The second kappa shape index (κ2) is 6.65. The molecule has 24 heavy (non-hydrogen) atoms. The van der Waals surface area contributed by atoms with Crippen molar-refractivity contribution in [1.29, 1.82) is 0 Å². The topological polar surface area (TPSA) is 49.9 Å². The molecule has 0 radical (unpaired) electrons. The zero-order valence-corrected chi connectivity index (χ0v) is 14.1. The Kier molecular flexibility index (Phi) is 4.22. The molecular weight excluding hydrogens is 298 g/mol. The van der Waals surface area contributed by atoms with Gasteiger partial charge in [-0.2, -0.15) is 0 Å². The van der Waals surface area contributed by atoms with Crippen molar-refractivity contribution in [3.63, 3.8) is 0 Å². The highest BCUT2D eigenvalue weighted by Crippen LogP contribution is 2.37. The van der Waals surface area contributed by atoms with Gasteiger partial charge in [-0.05, 0) is 42.6 Å². The minimum Gasteiger partial charge on any atom is -0.493 e. The summed E-state index contributed by atoms with van der Waals surface area (Å²) in [4.78, 5) is 7.98. The summed E-state index contributed by atoms with van der Waals surface area (Å²) < 4.78 is 5.97. The second-order valence-electron chi connectivity index (χ2n) is 6.28. The van der Waals surface area contributed by atoms with Gasteiger partial charge in [-0.1, -0.05) is 19.1 Å². The van der Waals surface area contributed by atoms with Crippen LogP contribution >= 0.6 is 0 Å². The van der Waals surface area contributed by atoms with Gasteiger partial charge in [-0.25, -0.2) is 0 Å². The molecule has 3 heterocycles. The molecule has 0 saturated heterocycles. The van der Waals surface area contributed by atoms with Crippen LogP contribution in [0.5, 0.6) is 5.75 Å². The van der Waals surface area contributed by atoms with E-state index in [2.05, 4.69) is 40.4 Å². The summed E-state index contributed by atoms with van der Waals surface area (Å²) in [5.74, 6) is 0.918. The molecule has 4 rings (SSSR count). The van der Waals surface area contributed by atoms with Crippen LogP contribution in [0.3, 0.4) is 0 Å². The third kappa shape index (κ3) is 2.67. The number of aromatic amines is 1. The number of ether oxygens (including phenoxy) is 1. The van der Waals surface area contributed by atoms with Crippen LogP contribution in [0.4, 0.5) is 0 Å². The lowest BCUT2D eigenvalue weighted by molar-refractivity contribution is 0.318. The summed E-state index contributed by atoms with van der Waals surface area (Å²) >= 11 is 0. The molecule has 2 N–H and O–H groups in total. The van der Waals surface area contributed by atoms with E-state index in [9.17, 15) is 0 Å². The number of hydrogen-bond donors (Lipinski definition) is 2. The standard InChI is InChI=1S/C20H23N3O/c1-2-12-24-19-8-11-22-13-16(19)14-4-3-5-18-20(14)15-6-9-21-10-7-17(15)23-18/h3-5,8,11,13,21,23H,2,6-7,9-10,12H2,1H3. The largest absolute Gasteiger partial charge is 0.493 e. The number of rotatable bonds is 4. The normalized spacial score (nSPS) is 14.4. The van der Waals surface area contributed by atoms with Gasteiger partial charge >= 0.3 is 0 Å². The number of aromatic nitrogens is 2. The lowest BCUT2D eigenvalue weighted by atomic mass is 9.97. The Bertz CT molecular complexity index is 853. The molecule has 0 bridgehead atoms. The van der Waals surface area contributed by atoms with Crippen molar-refractivity contribution < 1.29 is 4.74 Å². The van der Waals surface area contributed by atoms with E-state index in [1.807, 2.05) is 12.3 Å². The summed E-state index contributed by atoms with van der Waals surface area (Å²) in [7, 11) is 0. The van der Waals surface area contributed by atoms with Gasteiger partial charge in [-0.15, -0.1) is 0 Å². The molecule has 2 aromatic heterocycles. The van der Waals surface area contributed by atoms with E-state index in [4.69, 9.17) is 4.74 Å². The van der Waals surface area contributed by atoms with Crippen molar-refractivity contribution in [2.45, 2.75) is 26.2 Å². The van der Waals surface area contributed by atoms with E-state index in [-0.39, 0.29) is 0 Å². The minimum absolute atomic E-state index is 0.724. The maximum Gasteiger partial charge on any atom is 0.130 e. The maximum absolute atomic E-state index is 5.97. The van der Waals surface area contributed by atoms with Crippen molar-refractivity contribution in [3.8, 4) is 16.9 Å². The average Bonchev–Trinajstić information content (AvgIpc) is 2.82. The molecule has 4 nitrogen and oxygen atoms in total. The predicted molar refractivity (Wildman–Crippen MR) is 97.6 cm³/mol. The third-order valence-electron chi connectivity index (χ3n) is 4.65. The molecule has 0 saturated carbocycles. The van der Waals surface area contributed by atoms with Crippen molar-refractivity contribution in [1.82, 2.24) is 15.3 Å². The van der Waals surface area contributed by atoms with Gasteiger partial charge in [0.25, 0.3) is 0 Å². The molecule has 124 valence electrons. The van der Waals surface area contributed by atoms with Gasteiger partial charge in [0.05, 0.1) is 6.61 Å². The molecule has 4 heteroatoms. The molecule has 0 spiro atoms. The fourth-order valence-corrected chi connectivity index (χ4v) is 3.56. The van der Waals surface area contributed by atoms with E-state index < -0.39 is 0 Å². The van der Waals surface area contributed by atoms with Crippen LogP contribution in [0, 0.1) is 0 Å². The molecule has 1 aliphatic heterocycles. The quantitative estimate of drug-likeness (QED) is 0.770. The molecule has 1 aromatic carbocycles. The number of benzene rings is 1. The minimum atomic E-state index is 0.724. The van der Waals surface area contributed by atoms with Crippen molar-refractivity contribution in [3.05, 3.63) is 47.9 Å². The number of H-pyrrole nitrogens is 1. The Balaban J connectivity index is 1.90. The van der Waals surface area contributed by atoms with Crippen molar-refractivity contribution in [2.24, 2.45) is 0 Å². The summed E-state index contributed by atoms with van der Waals surface area (Å²) in [6.07, 6.45) is 6.83. The van der Waals surface area contributed by atoms with E-state index in [0.717, 1.165) is 50.3 Å². The first-order chi connectivity index (χ1) is 11.9. The molecule has 0 unspecified atom stereocenters. The molecule has 0 amide bonds. The SMILES string of the molecule is CCCOc1ccncc1-c1cccc2[nH]c3c(c12)CCNCC3. The lowest BCUT2D eigenvalue weighted by Crippen LogP contribution is -2.16. The summed E-state index contributed by atoms with van der Waals surface area (Å²) in [6, 6.07) is 8.44. The molecule has 0 aliphatic carbocycles. The highest BCUT2D eigenvalue weighted by Gasteiger charge is 2.18. The van der Waals surface area contributed by atoms with Crippen LogP contribution < -0.4 is 10.1 Å². The van der Waals surface area contributed by atoms with Gasteiger partial charge in [0.2, 0.25) is 0 Å². The van der Waals surface area contributed by atoms with Gasteiger partial charge in [-0.3, -0.25) is 4.98 Å². The van der Waals surface area contributed by atoms with Crippen LogP contribution in [0.2, 0.25) is 0 Å². The summed E-state index contributed by atoms with van der Waals surface area (Å²) in [5, 5.41) is 4.81. The van der Waals surface area contributed by atoms with Gasteiger partial charge in [0.15, 0.2) is 0 Å². The van der Waals surface area contributed by atoms with E-state index in [1.165, 1.54) is 27.7 Å². The fraction of sp³-hybridized carbons (Fsp3) is 0.350. The number of fused-ring (bicyclic) bond motifs is 3. The van der Waals surface area contributed by atoms with Gasteiger partial charge in [0.1, 0.15) is 5.75 Å². The van der Waals surface area contributed by atoms with Crippen LogP contribution in [0.25, 0.3) is 22.0 Å². The van der Waals surface area contributed by atoms with Crippen LogP contribution in [0.1, 0.15) is 24.6 Å². The highest BCUT2D eigenvalue weighted by molar-refractivity contribution is 5.99. The summed E-state index contributed by atoms with van der Waals surface area (Å²) in [5.41, 5.74) is 6.31. The van der Waals surface area contributed by atoms with Crippen LogP contribution in [0.15, 0.2) is 36.7 Å². The Morgan fingerprint density at radius 3 is 2.96 bits per heavy atom. The Morgan fingerprint density at radius 1 is 1.12 bits per heavy atom. The monoisotopic (exact) mass is 321 g/mol. The Morgan fingerprint density at radius 2 is 2.04 bits per heavy atom. The average molecular weight is 321 g/mol. The predicted octanol–water partition coefficient (Wildman–Crippen LogP) is 3.71. The van der Waals surface area contributed by atoms with Crippen molar-refractivity contribution in [2.75, 3.05) is 19.7 Å².